The molecule has 2 rings (SSSR count). The molecule has 2 N–H and O–H groups in total. The summed E-state index contributed by atoms with van der Waals surface area (Å²) >= 11 is 4.99. The molecule has 0 unspecified atom stereocenters. The van der Waals surface area contributed by atoms with Crippen LogP contribution >= 0.6 is 27.7 Å². The van der Waals surface area contributed by atoms with Crippen LogP contribution in [0.1, 0.15) is 22.3 Å². The molecule has 0 saturated heterocycles. The van der Waals surface area contributed by atoms with Crippen LogP contribution in [-0.2, 0) is 4.79 Å². The number of carbonyl (C=O) groups is 2. The lowest BCUT2D eigenvalue weighted by Gasteiger charge is -2.18. The van der Waals surface area contributed by atoms with Gasteiger partial charge in [-0.25, -0.2) is 4.98 Å². The van der Waals surface area contributed by atoms with Crippen molar-refractivity contribution in [3.05, 3.63) is 58.2 Å². The highest BCUT2D eigenvalue weighted by Crippen LogP contribution is 2.16. The number of aryl methyl sites for hydroxylation is 1. The normalized spacial score (nSPS) is 11.6. The summed E-state index contributed by atoms with van der Waals surface area (Å²) in [6.45, 7) is 1.93. The molecule has 0 saturated carbocycles. The summed E-state index contributed by atoms with van der Waals surface area (Å²) in [5.41, 5.74) is 1.50. The highest BCUT2D eigenvalue weighted by molar-refractivity contribution is 9.10. The molecule has 25 heavy (non-hydrogen) atoms. The first-order valence-electron chi connectivity index (χ1n) is 7.79. The van der Waals surface area contributed by atoms with E-state index in [0.717, 1.165) is 11.3 Å². The van der Waals surface area contributed by atoms with Crippen molar-refractivity contribution in [2.24, 2.45) is 0 Å². The van der Waals surface area contributed by atoms with Gasteiger partial charge in [0.05, 0.1) is 5.56 Å². The number of aromatic nitrogens is 1. The van der Waals surface area contributed by atoms with Gasteiger partial charge in [0, 0.05) is 10.7 Å². The van der Waals surface area contributed by atoms with Gasteiger partial charge < -0.3 is 10.6 Å². The fourth-order valence-electron chi connectivity index (χ4n) is 2.20. The van der Waals surface area contributed by atoms with E-state index in [1.807, 2.05) is 25.3 Å². The standard InChI is InChI=1S/C18H20BrN3O2S/c1-12-7-9-20-16(11-12)22-18(24)15(8-10-25-2)21-17(23)13-5-3-4-6-14(13)19/h3-7,9,11,15H,8,10H2,1-2H3,(H,21,23)(H,20,22,24)/t15-/m0/s1. The van der Waals surface area contributed by atoms with Crippen LogP contribution in [0.25, 0.3) is 0 Å². The Bertz CT molecular complexity index is 755. The summed E-state index contributed by atoms with van der Waals surface area (Å²) in [5.74, 6) is 0.683. The molecule has 0 aliphatic carbocycles. The van der Waals surface area contributed by atoms with Crippen LogP contribution in [0.2, 0.25) is 0 Å². The molecule has 0 bridgehead atoms. The minimum atomic E-state index is -0.630. The monoisotopic (exact) mass is 421 g/mol. The number of carbonyl (C=O) groups excluding carboxylic acids is 2. The zero-order chi connectivity index (χ0) is 18.2. The summed E-state index contributed by atoms with van der Waals surface area (Å²) in [4.78, 5) is 29.2. The topological polar surface area (TPSA) is 71.1 Å². The Kier molecular flexibility index (Phi) is 7.46. The molecular weight excluding hydrogens is 402 g/mol. The first kappa shape index (κ1) is 19.5. The minimum Gasteiger partial charge on any atom is -0.340 e. The number of thioether (sulfide) groups is 1. The molecule has 0 aliphatic rings. The van der Waals surface area contributed by atoms with E-state index < -0.39 is 6.04 Å². The van der Waals surface area contributed by atoms with Crippen LogP contribution in [0, 0.1) is 6.92 Å². The number of nitrogens with zero attached hydrogens (tertiary/aromatic N) is 1. The minimum absolute atomic E-state index is 0.271. The molecule has 2 amide bonds. The lowest BCUT2D eigenvalue weighted by Crippen LogP contribution is -2.44. The van der Waals surface area contributed by atoms with E-state index >= 15 is 0 Å². The van der Waals surface area contributed by atoms with E-state index in [-0.39, 0.29) is 11.8 Å². The Morgan fingerprint density at radius 3 is 2.72 bits per heavy atom. The van der Waals surface area contributed by atoms with Crippen molar-refractivity contribution in [1.82, 2.24) is 10.3 Å². The first-order chi connectivity index (χ1) is 12.0. The molecule has 1 atom stereocenters. The average Bonchev–Trinajstić information content (AvgIpc) is 2.58. The molecule has 0 fully saturated rings. The van der Waals surface area contributed by atoms with Gasteiger partial charge in [-0.15, -0.1) is 0 Å². The lowest BCUT2D eigenvalue weighted by molar-refractivity contribution is -0.118. The van der Waals surface area contributed by atoms with Crippen molar-refractivity contribution in [3.8, 4) is 0 Å². The number of halogens is 1. The van der Waals surface area contributed by atoms with Crippen LogP contribution < -0.4 is 10.6 Å². The van der Waals surface area contributed by atoms with Crippen molar-refractivity contribution in [3.63, 3.8) is 0 Å². The fourth-order valence-corrected chi connectivity index (χ4v) is 3.14. The maximum absolute atomic E-state index is 12.6. The third-order valence-corrected chi connectivity index (χ3v) is 4.85. The Hall–Kier alpha value is -1.86. The summed E-state index contributed by atoms with van der Waals surface area (Å²) < 4.78 is 0.692. The Balaban J connectivity index is 2.10. The van der Waals surface area contributed by atoms with E-state index in [1.54, 1.807) is 42.2 Å². The number of pyridine rings is 1. The maximum atomic E-state index is 12.6. The third kappa shape index (κ3) is 5.86. The number of hydrogen-bond donors (Lipinski definition) is 2. The molecule has 0 aliphatic heterocycles. The zero-order valence-electron chi connectivity index (χ0n) is 14.1. The van der Waals surface area contributed by atoms with Crippen molar-refractivity contribution >= 4 is 45.3 Å². The van der Waals surface area contributed by atoms with Gasteiger partial charge in [-0.3, -0.25) is 9.59 Å². The summed E-state index contributed by atoms with van der Waals surface area (Å²) in [7, 11) is 0. The van der Waals surface area contributed by atoms with E-state index in [4.69, 9.17) is 0 Å². The van der Waals surface area contributed by atoms with Gasteiger partial charge in [0.15, 0.2) is 0 Å². The molecule has 132 valence electrons. The van der Waals surface area contributed by atoms with E-state index in [9.17, 15) is 9.59 Å². The van der Waals surface area contributed by atoms with Gasteiger partial charge in [0.1, 0.15) is 11.9 Å². The second-order valence-electron chi connectivity index (χ2n) is 5.50. The smallest absolute Gasteiger partial charge is 0.253 e. The van der Waals surface area contributed by atoms with Gasteiger partial charge in [-0.2, -0.15) is 11.8 Å². The van der Waals surface area contributed by atoms with Crippen LogP contribution in [0.15, 0.2) is 47.1 Å². The van der Waals surface area contributed by atoms with E-state index in [1.165, 1.54) is 0 Å². The summed E-state index contributed by atoms with van der Waals surface area (Å²) in [5, 5.41) is 5.60. The third-order valence-electron chi connectivity index (χ3n) is 3.52. The quantitative estimate of drug-likeness (QED) is 0.715. The van der Waals surface area contributed by atoms with Crippen molar-refractivity contribution in [1.29, 1.82) is 0 Å². The molecule has 1 aromatic carbocycles. The Labute approximate surface area is 160 Å². The van der Waals surface area contributed by atoms with Crippen LogP contribution in [0.4, 0.5) is 5.82 Å². The molecule has 0 spiro atoms. The van der Waals surface area contributed by atoms with E-state index in [2.05, 4.69) is 31.5 Å². The first-order valence-corrected chi connectivity index (χ1v) is 9.98. The predicted molar refractivity (Wildman–Crippen MR) is 106 cm³/mol. The molecular formula is C18H20BrN3O2S. The molecule has 1 heterocycles. The molecule has 7 heteroatoms. The Morgan fingerprint density at radius 1 is 1.28 bits per heavy atom. The van der Waals surface area contributed by atoms with Gasteiger partial charge in [-0.1, -0.05) is 12.1 Å². The largest absolute Gasteiger partial charge is 0.340 e. The highest BCUT2D eigenvalue weighted by atomic mass is 79.9. The van der Waals surface area contributed by atoms with Crippen molar-refractivity contribution in [2.45, 2.75) is 19.4 Å². The van der Waals surface area contributed by atoms with Gasteiger partial charge >= 0.3 is 0 Å². The lowest BCUT2D eigenvalue weighted by atomic mass is 10.1. The Morgan fingerprint density at radius 2 is 2.04 bits per heavy atom. The van der Waals surface area contributed by atoms with Crippen LogP contribution in [0.5, 0.6) is 0 Å². The second-order valence-corrected chi connectivity index (χ2v) is 7.33. The van der Waals surface area contributed by atoms with Crippen LogP contribution in [-0.4, -0.2) is 34.8 Å². The number of nitrogens with one attached hydrogen (secondary N) is 2. The fraction of sp³-hybridized carbons (Fsp3) is 0.278. The van der Waals surface area contributed by atoms with Crippen molar-refractivity contribution in [2.75, 3.05) is 17.3 Å². The van der Waals surface area contributed by atoms with Gasteiger partial charge in [0.2, 0.25) is 5.91 Å². The molecule has 0 radical (unpaired) electrons. The summed E-state index contributed by atoms with van der Waals surface area (Å²) in [6, 6.07) is 10.1. The number of amides is 2. The number of benzene rings is 1. The van der Waals surface area contributed by atoms with Gasteiger partial charge in [-0.05, 0) is 71.1 Å². The molecule has 1 aromatic heterocycles. The number of anilines is 1. The van der Waals surface area contributed by atoms with Crippen LogP contribution in [0.3, 0.4) is 0 Å². The predicted octanol–water partition coefficient (Wildman–Crippen LogP) is 3.64. The van der Waals surface area contributed by atoms with Gasteiger partial charge in [0.25, 0.3) is 5.91 Å². The second kappa shape index (κ2) is 9.58. The SMILES string of the molecule is CSCC[C@H](NC(=O)c1ccccc1Br)C(=O)Nc1cc(C)ccn1. The number of rotatable bonds is 7. The highest BCUT2D eigenvalue weighted by Gasteiger charge is 2.22. The number of hydrogen-bond acceptors (Lipinski definition) is 4. The van der Waals surface area contributed by atoms with E-state index in [0.29, 0.717) is 22.3 Å². The molecule has 5 nitrogen and oxygen atoms in total. The van der Waals surface area contributed by atoms with Crippen molar-refractivity contribution < 1.29 is 9.59 Å². The zero-order valence-corrected chi connectivity index (χ0v) is 16.5. The molecule has 2 aromatic rings. The summed E-state index contributed by atoms with van der Waals surface area (Å²) in [6.07, 6.45) is 4.14. The average molecular weight is 422 g/mol. The maximum Gasteiger partial charge on any atom is 0.253 e.